The maximum Gasteiger partial charge on any atom is 0.238 e. The van der Waals surface area contributed by atoms with Crippen molar-refractivity contribution in [2.75, 3.05) is 49.5 Å². The Morgan fingerprint density at radius 1 is 0.909 bits per heavy atom. The van der Waals surface area contributed by atoms with Crippen LogP contribution in [0.15, 0.2) is 48.5 Å². The number of amides is 3. The van der Waals surface area contributed by atoms with Gasteiger partial charge in [0.05, 0.1) is 12.5 Å². The van der Waals surface area contributed by atoms with Gasteiger partial charge in [-0.25, -0.2) is 8.78 Å². The first-order valence-corrected chi connectivity index (χ1v) is 11.0. The van der Waals surface area contributed by atoms with Gasteiger partial charge < -0.3 is 15.1 Å². The van der Waals surface area contributed by atoms with Gasteiger partial charge in [0.25, 0.3) is 0 Å². The second-order valence-electron chi connectivity index (χ2n) is 8.39. The number of carbonyl (C=O) groups is 3. The van der Waals surface area contributed by atoms with Crippen molar-refractivity contribution in [3.8, 4) is 0 Å². The summed E-state index contributed by atoms with van der Waals surface area (Å²) >= 11 is 0. The van der Waals surface area contributed by atoms with Crippen LogP contribution >= 0.6 is 0 Å². The molecule has 2 heterocycles. The van der Waals surface area contributed by atoms with Gasteiger partial charge in [0.1, 0.15) is 11.6 Å². The average Bonchev–Trinajstić information content (AvgIpc) is 3.03. The summed E-state index contributed by atoms with van der Waals surface area (Å²) in [6.07, 6.45) is 0.856. The van der Waals surface area contributed by atoms with Gasteiger partial charge in [-0.3, -0.25) is 19.3 Å². The Balaban J connectivity index is 1.28. The van der Waals surface area contributed by atoms with Gasteiger partial charge in [0, 0.05) is 50.5 Å². The molecule has 2 fully saturated rings. The van der Waals surface area contributed by atoms with Crippen LogP contribution in [0.2, 0.25) is 0 Å². The summed E-state index contributed by atoms with van der Waals surface area (Å²) in [6, 6.07) is 11.3. The number of benzene rings is 2. The Hall–Kier alpha value is -3.33. The smallest absolute Gasteiger partial charge is 0.238 e. The Labute approximate surface area is 191 Å². The molecule has 9 heteroatoms. The van der Waals surface area contributed by atoms with Crippen molar-refractivity contribution < 1.29 is 23.2 Å². The van der Waals surface area contributed by atoms with E-state index in [4.69, 9.17) is 0 Å². The van der Waals surface area contributed by atoms with Crippen molar-refractivity contribution >= 4 is 29.1 Å². The van der Waals surface area contributed by atoms with Crippen LogP contribution < -0.4 is 10.2 Å². The van der Waals surface area contributed by atoms with Crippen LogP contribution in [0.1, 0.15) is 12.8 Å². The lowest BCUT2D eigenvalue weighted by Gasteiger charge is -2.24. The molecule has 0 saturated carbocycles. The molecule has 0 spiro atoms. The predicted octanol–water partition coefficient (Wildman–Crippen LogP) is 2.49. The molecule has 0 bridgehead atoms. The third kappa shape index (κ3) is 5.73. The molecule has 2 aromatic carbocycles. The highest BCUT2D eigenvalue weighted by molar-refractivity contribution is 6.00. The molecule has 0 aromatic heterocycles. The molecule has 0 aliphatic carbocycles. The van der Waals surface area contributed by atoms with E-state index in [0.29, 0.717) is 37.6 Å². The number of halogens is 2. The number of rotatable bonds is 5. The van der Waals surface area contributed by atoms with E-state index < -0.39 is 5.92 Å². The monoisotopic (exact) mass is 456 g/mol. The van der Waals surface area contributed by atoms with Gasteiger partial charge >= 0.3 is 0 Å². The van der Waals surface area contributed by atoms with Crippen LogP contribution in [0, 0.1) is 17.6 Å². The molecule has 174 valence electrons. The van der Waals surface area contributed by atoms with E-state index in [1.165, 1.54) is 41.3 Å². The van der Waals surface area contributed by atoms with Gasteiger partial charge in [-0.15, -0.1) is 0 Å². The van der Waals surface area contributed by atoms with E-state index in [1.54, 1.807) is 17.0 Å². The number of nitrogens with one attached hydrogen (secondary N) is 1. The fraction of sp³-hybridized carbons (Fsp3) is 0.375. The number of nitrogens with zero attached hydrogens (tertiary/aromatic N) is 3. The molecule has 1 N–H and O–H groups in total. The number of hydrogen-bond acceptors (Lipinski definition) is 4. The minimum atomic E-state index is -0.434. The van der Waals surface area contributed by atoms with E-state index in [2.05, 4.69) is 5.32 Å². The lowest BCUT2D eigenvalue weighted by atomic mass is 10.1. The zero-order chi connectivity index (χ0) is 23.4. The third-order valence-corrected chi connectivity index (χ3v) is 6.01. The lowest BCUT2D eigenvalue weighted by molar-refractivity contribution is -0.135. The van der Waals surface area contributed by atoms with E-state index in [1.807, 2.05) is 4.90 Å². The summed E-state index contributed by atoms with van der Waals surface area (Å²) in [5.41, 5.74) is 1.12. The van der Waals surface area contributed by atoms with Crippen LogP contribution in [-0.2, 0) is 14.4 Å². The molecule has 2 saturated heterocycles. The zero-order valence-electron chi connectivity index (χ0n) is 18.2. The third-order valence-electron chi connectivity index (χ3n) is 6.01. The molecule has 33 heavy (non-hydrogen) atoms. The molecule has 3 amide bonds. The van der Waals surface area contributed by atoms with Gasteiger partial charge in [0.15, 0.2) is 0 Å². The highest BCUT2D eigenvalue weighted by Gasteiger charge is 2.37. The fourth-order valence-corrected chi connectivity index (χ4v) is 4.29. The Morgan fingerprint density at radius 3 is 2.27 bits per heavy atom. The normalized spacial score (nSPS) is 19.5. The molecular weight excluding hydrogens is 430 g/mol. The number of anilines is 2. The first-order valence-electron chi connectivity index (χ1n) is 11.0. The summed E-state index contributed by atoms with van der Waals surface area (Å²) < 4.78 is 26.2. The van der Waals surface area contributed by atoms with E-state index in [-0.39, 0.29) is 48.9 Å². The second-order valence-corrected chi connectivity index (χ2v) is 8.39. The van der Waals surface area contributed by atoms with Crippen molar-refractivity contribution in [1.29, 1.82) is 0 Å². The molecule has 0 radical (unpaired) electrons. The highest BCUT2D eigenvalue weighted by atomic mass is 19.1. The van der Waals surface area contributed by atoms with Crippen molar-refractivity contribution in [2.45, 2.75) is 12.8 Å². The molecule has 2 aliphatic heterocycles. The van der Waals surface area contributed by atoms with Crippen molar-refractivity contribution in [3.05, 3.63) is 60.2 Å². The number of carbonyl (C=O) groups excluding carboxylic acids is 3. The standard InChI is InChI=1S/C24H26F2N4O3/c25-18-2-6-20(7-3-18)27-22(31)16-28-10-1-11-29(13-12-28)24(33)17-14-23(32)30(15-17)21-8-4-19(26)5-9-21/h2-9,17H,1,10-16H2,(H,27,31). The fourth-order valence-electron chi connectivity index (χ4n) is 4.29. The minimum absolute atomic E-state index is 0.0643. The van der Waals surface area contributed by atoms with Gasteiger partial charge in [-0.2, -0.15) is 0 Å². The first kappa shape index (κ1) is 22.8. The van der Waals surface area contributed by atoms with Gasteiger partial charge in [-0.1, -0.05) is 0 Å². The zero-order valence-corrected chi connectivity index (χ0v) is 18.2. The summed E-state index contributed by atoms with van der Waals surface area (Å²) in [7, 11) is 0. The summed E-state index contributed by atoms with van der Waals surface area (Å²) in [5, 5.41) is 2.75. The Bertz CT molecular complexity index is 1010. The van der Waals surface area contributed by atoms with E-state index >= 15 is 0 Å². The molecule has 2 aliphatic rings. The Morgan fingerprint density at radius 2 is 1.58 bits per heavy atom. The van der Waals surface area contributed by atoms with E-state index in [9.17, 15) is 23.2 Å². The maximum atomic E-state index is 13.2. The molecule has 2 aromatic rings. The SMILES string of the molecule is O=C(CN1CCCN(C(=O)C2CC(=O)N(c3ccc(F)cc3)C2)CC1)Nc1ccc(F)cc1. The summed E-state index contributed by atoms with van der Waals surface area (Å²) in [5.74, 6) is -1.58. The minimum Gasteiger partial charge on any atom is -0.341 e. The molecule has 7 nitrogen and oxygen atoms in total. The topological polar surface area (TPSA) is 73.0 Å². The van der Waals surface area contributed by atoms with Crippen LogP contribution in [0.25, 0.3) is 0 Å². The lowest BCUT2D eigenvalue weighted by Crippen LogP contribution is -2.41. The average molecular weight is 456 g/mol. The Kier molecular flexibility index (Phi) is 6.98. The van der Waals surface area contributed by atoms with Crippen molar-refractivity contribution in [3.63, 3.8) is 0 Å². The van der Waals surface area contributed by atoms with Gasteiger partial charge in [-0.05, 0) is 55.0 Å². The second kappa shape index (κ2) is 10.1. The molecule has 1 atom stereocenters. The largest absolute Gasteiger partial charge is 0.341 e. The first-order chi connectivity index (χ1) is 15.9. The van der Waals surface area contributed by atoms with Crippen molar-refractivity contribution in [1.82, 2.24) is 9.80 Å². The highest BCUT2D eigenvalue weighted by Crippen LogP contribution is 2.27. The quantitative estimate of drug-likeness (QED) is 0.751. The van der Waals surface area contributed by atoms with Crippen LogP contribution in [0.4, 0.5) is 20.2 Å². The molecule has 1 unspecified atom stereocenters. The molecular formula is C24H26F2N4O3. The number of hydrogen-bond donors (Lipinski definition) is 1. The van der Waals surface area contributed by atoms with Gasteiger partial charge in [0.2, 0.25) is 17.7 Å². The van der Waals surface area contributed by atoms with Crippen LogP contribution in [-0.4, -0.2) is 66.8 Å². The summed E-state index contributed by atoms with van der Waals surface area (Å²) in [6.45, 7) is 2.72. The van der Waals surface area contributed by atoms with Crippen LogP contribution in [0.3, 0.4) is 0 Å². The van der Waals surface area contributed by atoms with Crippen molar-refractivity contribution in [2.24, 2.45) is 5.92 Å². The van der Waals surface area contributed by atoms with Crippen LogP contribution in [0.5, 0.6) is 0 Å². The summed E-state index contributed by atoms with van der Waals surface area (Å²) in [4.78, 5) is 43.2. The molecule has 4 rings (SSSR count). The van der Waals surface area contributed by atoms with E-state index in [0.717, 1.165) is 6.42 Å². The maximum absolute atomic E-state index is 13.2. The predicted molar refractivity (Wildman–Crippen MR) is 120 cm³/mol.